The molecule has 0 fully saturated rings. The molecule has 0 aliphatic carbocycles. The number of hydrogen-bond donors (Lipinski definition) is 3. The Kier molecular flexibility index (Phi) is 3.57. The Hall–Kier alpha value is -1.11. The zero-order chi connectivity index (χ0) is 12.5. The molecule has 86 valence electrons. The lowest BCUT2D eigenvalue weighted by Crippen LogP contribution is -2.06. The van der Waals surface area contributed by atoms with Gasteiger partial charge in [-0.25, -0.2) is 4.79 Å². The Morgan fingerprint density at radius 1 is 1.38 bits per heavy atom. The van der Waals surface area contributed by atoms with E-state index in [1.807, 2.05) is 0 Å². The molecule has 0 radical (unpaired) electrons. The van der Waals surface area contributed by atoms with Crippen LogP contribution in [0.1, 0.15) is 10.4 Å². The Balaban J connectivity index is 3.28. The molecular weight excluding hydrogens is 261 g/mol. The number of rotatable bonds is 3. The first-order valence-corrected chi connectivity index (χ1v) is 5.82. The molecule has 0 aromatic heterocycles. The fourth-order valence-corrected chi connectivity index (χ4v) is 1.73. The summed E-state index contributed by atoms with van der Waals surface area (Å²) in [5.41, 5.74) is -2.38. The van der Waals surface area contributed by atoms with E-state index in [1.165, 1.54) is 0 Å². The minimum atomic E-state index is -4.75. The van der Waals surface area contributed by atoms with Gasteiger partial charge in [0.15, 0.2) is 0 Å². The number of carbonyl (C=O) groups is 1. The average Bonchev–Trinajstić information content (AvgIpc) is 2.15. The summed E-state index contributed by atoms with van der Waals surface area (Å²) in [5.74, 6) is 0. The summed E-state index contributed by atoms with van der Waals surface area (Å²) in [7, 11) is -4.75. The second kappa shape index (κ2) is 4.40. The van der Waals surface area contributed by atoms with Gasteiger partial charge in [-0.15, -0.1) is 0 Å². The maximum atomic E-state index is 11.3. The van der Waals surface area contributed by atoms with Crippen LogP contribution in [0, 0.1) is 10.1 Å². The Labute approximate surface area is 94.6 Å². The van der Waals surface area contributed by atoms with E-state index in [2.05, 4.69) is 0 Å². The van der Waals surface area contributed by atoms with Crippen molar-refractivity contribution in [2.24, 2.45) is 0 Å². The van der Waals surface area contributed by atoms with E-state index in [-0.39, 0.29) is 5.02 Å². The summed E-state index contributed by atoms with van der Waals surface area (Å²) in [6.45, 7) is 0. The summed E-state index contributed by atoms with van der Waals surface area (Å²) in [6.07, 6.45) is 0. The summed E-state index contributed by atoms with van der Waals surface area (Å²) >= 11 is 5.54. The van der Waals surface area contributed by atoms with Crippen LogP contribution in [-0.4, -0.2) is 25.1 Å². The second-order valence-corrected chi connectivity index (χ2v) is 4.74. The van der Waals surface area contributed by atoms with Gasteiger partial charge in [-0.2, -0.15) is 14.7 Å². The largest absolute Gasteiger partial charge is 0.483 e. The van der Waals surface area contributed by atoms with Crippen LogP contribution in [0.25, 0.3) is 0 Å². The number of nitro benzene ring substituents is 1. The van der Waals surface area contributed by atoms with Gasteiger partial charge in [0.25, 0.3) is 5.69 Å². The van der Waals surface area contributed by atoms with E-state index in [1.54, 1.807) is 0 Å². The first-order chi connectivity index (χ1) is 7.23. The number of carbonyl (C=O) groups excluding carboxylic acids is 1. The molecular formula is C7H6ClNO6P+. The van der Waals surface area contributed by atoms with Crippen LogP contribution in [0.15, 0.2) is 18.2 Å². The lowest BCUT2D eigenvalue weighted by Gasteiger charge is -2.03. The van der Waals surface area contributed by atoms with Crippen molar-refractivity contribution in [3.63, 3.8) is 0 Å². The van der Waals surface area contributed by atoms with Crippen molar-refractivity contribution in [3.05, 3.63) is 38.9 Å². The molecule has 9 heteroatoms. The van der Waals surface area contributed by atoms with Gasteiger partial charge in [0.05, 0.1) is 15.5 Å². The van der Waals surface area contributed by atoms with Crippen molar-refractivity contribution in [2.45, 2.75) is 0 Å². The number of non-ortho nitro benzene ring substituents is 1. The fraction of sp³-hybridized carbons (Fsp3) is 0. The number of benzene rings is 1. The highest BCUT2D eigenvalue weighted by Crippen LogP contribution is 2.49. The van der Waals surface area contributed by atoms with Gasteiger partial charge in [-0.1, -0.05) is 11.6 Å². The van der Waals surface area contributed by atoms with Gasteiger partial charge in [-0.3, -0.25) is 10.1 Å². The standard InChI is InChI=1S/C7H6ClNO6P/c8-6-2-1-4(9(11)12)3-5(6)7(10)16(13,14)15/h1-3,13-15H/q+1. The topological polar surface area (TPSA) is 121 Å². The highest BCUT2D eigenvalue weighted by molar-refractivity contribution is 7.76. The van der Waals surface area contributed by atoms with Crippen molar-refractivity contribution in [3.8, 4) is 0 Å². The van der Waals surface area contributed by atoms with Gasteiger partial charge in [0, 0.05) is 12.1 Å². The molecule has 0 saturated heterocycles. The maximum absolute atomic E-state index is 11.3. The first-order valence-electron chi connectivity index (χ1n) is 3.79. The smallest absolute Gasteiger partial charge is 0.258 e. The number of nitro groups is 1. The molecule has 1 aromatic carbocycles. The average molecular weight is 267 g/mol. The summed E-state index contributed by atoms with van der Waals surface area (Å²) in [6, 6.07) is 2.87. The van der Waals surface area contributed by atoms with Gasteiger partial charge < -0.3 is 0 Å². The van der Waals surface area contributed by atoms with E-state index in [9.17, 15) is 14.9 Å². The quantitative estimate of drug-likeness (QED) is 0.428. The molecule has 0 heterocycles. The van der Waals surface area contributed by atoms with E-state index < -0.39 is 29.6 Å². The Bertz CT molecular complexity index is 457. The number of nitrogens with zero attached hydrogens (tertiary/aromatic N) is 1. The molecule has 0 aliphatic rings. The number of halogens is 1. The van der Waals surface area contributed by atoms with Crippen molar-refractivity contribution >= 4 is 30.8 Å². The van der Waals surface area contributed by atoms with E-state index in [0.717, 1.165) is 18.2 Å². The molecule has 0 aliphatic heterocycles. The van der Waals surface area contributed by atoms with Crippen LogP contribution >= 0.6 is 19.5 Å². The highest BCUT2D eigenvalue weighted by atomic mass is 35.5. The molecule has 0 spiro atoms. The summed E-state index contributed by atoms with van der Waals surface area (Å²) in [5, 5.41) is 10.2. The normalized spacial score (nSPS) is 11.2. The molecule has 7 nitrogen and oxygen atoms in total. The zero-order valence-corrected chi connectivity index (χ0v) is 9.22. The molecule has 16 heavy (non-hydrogen) atoms. The predicted molar refractivity (Wildman–Crippen MR) is 56.0 cm³/mol. The highest BCUT2D eigenvalue weighted by Gasteiger charge is 2.45. The van der Waals surface area contributed by atoms with Crippen LogP contribution in [0.2, 0.25) is 5.02 Å². The van der Waals surface area contributed by atoms with Crippen LogP contribution in [0.3, 0.4) is 0 Å². The Morgan fingerprint density at radius 2 is 1.94 bits per heavy atom. The first kappa shape index (κ1) is 13.0. The van der Waals surface area contributed by atoms with E-state index in [4.69, 9.17) is 26.3 Å². The monoisotopic (exact) mass is 266 g/mol. The number of hydrogen-bond acceptors (Lipinski definition) is 6. The third-order valence-electron chi connectivity index (χ3n) is 1.66. The lowest BCUT2D eigenvalue weighted by molar-refractivity contribution is -0.384. The molecule has 0 saturated carbocycles. The summed E-state index contributed by atoms with van der Waals surface area (Å²) in [4.78, 5) is 47.1. The van der Waals surface area contributed by atoms with Gasteiger partial charge >= 0.3 is 13.5 Å². The zero-order valence-electron chi connectivity index (χ0n) is 7.57. The fourth-order valence-electron chi connectivity index (χ4n) is 0.952. The minimum absolute atomic E-state index is 0.211. The molecule has 1 rings (SSSR count). The van der Waals surface area contributed by atoms with Crippen molar-refractivity contribution in [1.82, 2.24) is 0 Å². The SMILES string of the molecule is O=C(c1cc([N+](=O)[O-])ccc1Cl)[P+](O)(O)O. The molecule has 0 atom stereocenters. The van der Waals surface area contributed by atoms with Crippen LogP contribution < -0.4 is 0 Å². The summed E-state index contributed by atoms with van der Waals surface area (Å²) < 4.78 is 0. The third-order valence-corrected chi connectivity index (χ3v) is 2.78. The van der Waals surface area contributed by atoms with E-state index in [0.29, 0.717) is 0 Å². The van der Waals surface area contributed by atoms with Crippen molar-refractivity contribution in [2.75, 3.05) is 0 Å². The third kappa shape index (κ3) is 2.72. The van der Waals surface area contributed by atoms with Gasteiger partial charge in [0.1, 0.15) is 0 Å². The van der Waals surface area contributed by atoms with Gasteiger partial charge in [-0.05, 0) is 6.07 Å². The maximum Gasteiger partial charge on any atom is 0.483 e. The predicted octanol–water partition coefficient (Wildman–Crippen LogP) is 1.13. The van der Waals surface area contributed by atoms with Crippen molar-refractivity contribution < 1.29 is 24.4 Å². The molecule has 0 unspecified atom stereocenters. The molecule has 1 aromatic rings. The van der Waals surface area contributed by atoms with Crippen LogP contribution in [-0.2, 0) is 0 Å². The van der Waals surface area contributed by atoms with Crippen molar-refractivity contribution in [1.29, 1.82) is 0 Å². The Morgan fingerprint density at radius 3 is 2.38 bits per heavy atom. The minimum Gasteiger partial charge on any atom is -0.258 e. The molecule has 0 bridgehead atoms. The molecule has 3 N–H and O–H groups in total. The van der Waals surface area contributed by atoms with Crippen LogP contribution in [0.5, 0.6) is 0 Å². The van der Waals surface area contributed by atoms with E-state index >= 15 is 0 Å². The van der Waals surface area contributed by atoms with Gasteiger partial charge in [0.2, 0.25) is 0 Å². The molecule has 0 amide bonds. The van der Waals surface area contributed by atoms with Crippen LogP contribution in [0.4, 0.5) is 5.69 Å². The lowest BCUT2D eigenvalue weighted by atomic mass is 10.2. The second-order valence-electron chi connectivity index (χ2n) is 2.79.